The van der Waals surface area contributed by atoms with Crippen molar-refractivity contribution >= 4 is 44.6 Å². The Hall–Kier alpha value is -5.69. The molecule has 0 unspecified atom stereocenters. The maximum Gasteiger partial charge on any atom is 0.530 e. The number of hydrogen-bond acceptors (Lipinski definition) is 12. The van der Waals surface area contributed by atoms with Gasteiger partial charge in [-0.15, -0.1) is 0 Å². The van der Waals surface area contributed by atoms with Crippen LogP contribution in [0.5, 0.6) is 17.2 Å². The fraction of sp³-hybridized carbons (Fsp3) is 0.273. The zero-order valence-electron chi connectivity index (χ0n) is 27.7. The zero-order valence-corrected chi connectivity index (χ0v) is 28.6. The predicted molar refractivity (Wildman–Crippen MR) is 175 cm³/mol. The minimum atomic E-state index is -2.26. The lowest BCUT2D eigenvalue weighted by Crippen LogP contribution is -2.33. The molecule has 0 saturated heterocycles. The Bertz CT molecular complexity index is 1440. The number of carbonyl (C=O) groups is 6. The minimum absolute atomic E-state index is 0.111. The van der Waals surface area contributed by atoms with Crippen LogP contribution in [-0.2, 0) is 14.2 Å². The first-order valence-corrected chi connectivity index (χ1v) is 16.0. The van der Waals surface area contributed by atoms with E-state index in [-0.39, 0.29) is 53.8 Å². The molecular formula is C33H36N3O12P. The van der Waals surface area contributed by atoms with E-state index in [0.29, 0.717) is 0 Å². The summed E-state index contributed by atoms with van der Waals surface area (Å²) in [5.41, 5.74) is 0.570. The number of benzene rings is 3. The molecule has 16 heteroatoms. The standard InChI is InChI=1S/C33H36N3O12P/c1-7-43-31(40)34(4)28(37)22-10-16-25(17-11-22)46-49(47-26-18-12-23(13-19-26)29(38)35(5)32(41)44-8-2)48-27-20-14-24(15-21-27)30(39)36(6)33(42)45-9-3/h10-21H,7-9H2,1-6H3. The van der Waals surface area contributed by atoms with Gasteiger partial charge in [-0.25, -0.2) is 29.1 Å². The molecule has 15 nitrogen and oxygen atoms in total. The lowest BCUT2D eigenvalue weighted by Gasteiger charge is -2.19. The highest BCUT2D eigenvalue weighted by molar-refractivity contribution is 7.43. The number of ether oxygens (including phenoxy) is 3. The van der Waals surface area contributed by atoms with Crippen LogP contribution in [0.4, 0.5) is 14.4 Å². The molecule has 6 amide bonds. The van der Waals surface area contributed by atoms with Crippen molar-refractivity contribution in [3.63, 3.8) is 0 Å². The molecular weight excluding hydrogens is 661 g/mol. The average Bonchev–Trinajstić information content (AvgIpc) is 3.11. The number of carbonyl (C=O) groups excluding carboxylic acids is 6. The first-order chi connectivity index (χ1) is 23.4. The average molecular weight is 698 g/mol. The van der Waals surface area contributed by atoms with E-state index in [1.165, 1.54) is 93.9 Å². The van der Waals surface area contributed by atoms with Gasteiger partial charge in [-0.05, 0) is 93.6 Å². The van der Waals surface area contributed by atoms with Crippen LogP contribution in [0.3, 0.4) is 0 Å². The largest absolute Gasteiger partial charge is 0.530 e. The molecule has 3 rings (SSSR count). The first kappa shape index (κ1) is 37.8. The number of amides is 6. The SMILES string of the molecule is CCOC(=O)N(C)C(=O)c1ccc(OP(Oc2ccc(C(=O)N(C)C(=O)OCC)cc2)Oc2ccc(C(=O)N(C)C(=O)OCC)cc2)cc1. The second kappa shape index (κ2) is 18.0. The Kier molecular flexibility index (Phi) is 13.9. The molecule has 260 valence electrons. The molecule has 0 aromatic heterocycles. The molecule has 0 fully saturated rings. The molecule has 49 heavy (non-hydrogen) atoms. The smallest absolute Gasteiger partial charge is 0.449 e. The van der Waals surface area contributed by atoms with Gasteiger partial charge in [-0.3, -0.25) is 14.4 Å². The predicted octanol–water partition coefficient (Wildman–Crippen LogP) is 6.14. The molecule has 0 aliphatic rings. The van der Waals surface area contributed by atoms with E-state index in [1.807, 2.05) is 0 Å². The van der Waals surface area contributed by atoms with Gasteiger partial charge in [-0.2, -0.15) is 0 Å². The van der Waals surface area contributed by atoms with Crippen molar-refractivity contribution in [1.82, 2.24) is 14.7 Å². The molecule has 3 aromatic carbocycles. The van der Waals surface area contributed by atoms with Gasteiger partial charge in [0.25, 0.3) is 17.7 Å². The van der Waals surface area contributed by atoms with Crippen LogP contribution in [0, 0.1) is 0 Å². The van der Waals surface area contributed by atoms with Crippen LogP contribution >= 0.6 is 8.60 Å². The number of rotatable bonds is 12. The Labute approximate surface area is 284 Å². The van der Waals surface area contributed by atoms with E-state index in [9.17, 15) is 28.8 Å². The molecule has 0 radical (unpaired) electrons. The van der Waals surface area contributed by atoms with Crippen LogP contribution in [0.2, 0.25) is 0 Å². The monoisotopic (exact) mass is 697 g/mol. The van der Waals surface area contributed by atoms with Crippen LogP contribution < -0.4 is 13.6 Å². The summed E-state index contributed by atoms with van der Waals surface area (Å²) in [5.74, 6) is -1.05. The molecule has 0 bridgehead atoms. The van der Waals surface area contributed by atoms with Gasteiger partial charge in [0.2, 0.25) is 0 Å². The van der Waals surface area contributed by atoms with Crippen molar-refractivity contribution in [2.75, 3.05) is 41.0 Å². The van der Waals surface area contributed by atoms with E-state index < -0.39 is 44.6 Å². The molecule has 0 atom stereocenters. The molecule has 0 aliphatic heterocycles. The molecule has 0 aliphatic carbocycles. The van der Waals surface area contributed by atoms with Gasteiger partial charge in [0.05, 0.1) is 19.8 Å². The van der Waals surface area contributed by atoms with Crippen LogP contribution in [0.25, 0.3) is 0 Å². The third kappa shape index (κ3) is 10.4. The van der Waals surface area contributed by atoms with Crippen molar-refractivity contribution in [3.05, 3.63) is 89.5 Å². The zero-order chi connectivity index (χ0) is 36.1. The lowest BCUT2D eigenvalue weighted by atomic mass is 10.2. The summed E-state index contributed by atoms with van der Waals surface area (Å²) in [7, 11) is 1.64. The van der Waals surface area contributed by atoms with Crippen molar-refractivity contribution in [1.29, 1.82) is 0 Å². The van der Waals surface area contributed by atoms with E-state index in [4.69, 9.17) is 27.8 Å². The molecule has 0 heterocycles. The van der Waals surface area contributed by atoms with Gasteiger partial charge >= 0.3 is 26.9 Å². The van der Waals surface area contributed by atoms with Crippen LogP contribution in [-0.4, -0.2) is 91.7 Å². The van der Waals surface area contributed by atoms with Gasteiger partial charge in [0, 0.05) is 37.8 Å². The summed E-state index contributed by atoms with van der Waals surface area (Å²) in [5, 5.41) is 0. The van der Waals surface area contributed by atoms with Crippen molar-refractivity contribution in [2.45, 2.75) is 20.8 Å². The minimum Gasteiger partial charge on any atom is -0.449 e. The van der Waals surface area contributed by atoms with Gasteiger partial charge < -0.3 is 27.8 Å². The van der Waals surface area contributed by atoms with Gasteiger partial charge in [0.15, 0.2) is 0 Å². The Morgan fingerprint density at radius 1 is 0.449 bits per heavy atom. The maximum atomic E-state index is 12.7. The quantitative estimate of drug-likeness (QED) is 0.157. The Morgan fingerprint density at radius 3 is 0.878 bits per heavy atom. The Morgan fingerprint density at radius 2 is 0.673 bits per heavy atom. The molecule has 3 aromatic rings. The van der Waals surface area contributed by atoms with Gasteiger partial charge in [-0.1, -0.05) is 0 Å². The molecule has 0 N–H and O–H groups in total. The second-order valence-corrected chi connectivity index (χ2v) is 10.8. The van der Waals surface area contributed by atoms with E-state index in [1.54, 1.807) is 20.8 Å². The second-order valence-electron chi connectivity index (χ2n) is 9.76. The molecule has 0 spiro atoms. The Balaban J connectivity index is 1.82. The summed E-state index contributed by atoms with van der Waals surface area (Å²) in [6, 6.07) is 17.6. The highest BCUT2D eigenvalue weighted by Crippen LogP contribution is 2.42. The maximum absolute atomic E-state index is 12.7. The number of nitrogens with zero attached hydrogens (tertiary/aromatic N) is 3. The summed E-state index contributed by atoms with van der Waals surface area (Å²) in [6.45, 7) is 5.22. The van der Waals surface area contributed by atoms with Crippen LogP contribution in [0.1, 0.15) is 51.8 Å². The van der Waals surface area contributed by atoms with Crippen molar-refractivity contribution in [3.8, 4) is 17.2 Å². The fourth-order valence-corrected chi connectivity index (χ4v) is 4.77. The number of hydrogen-bond donors (Lipinski definition) is 0. The summed E-state index contributed by atoms with van der Waals surface area (Å²) >= 11 is 0. The topological polar surface area (TPSA) is 168 Å². The third-order valence-corrected chi connectivity index (χ3v) is 7.46. The van der Waals surface area contributed by atoms with Gasteiger partial charge in [0.1, 0.15) is 17.2 Å². The number of imide groups is 3. The lowest BCUT2D eigenvalue weighted by molar-refractivity contribution is 0.0706. The van der Waals surface area contributed by atoms with E-state index in [2.05, 4.69) is 0 Å². The summed E-state index contributed by atoms with van der Waals surface area (Å²) in [6.07, 6.45) is -2.38. The molecule has 0 saturated carbocycles. The fourth-order valence-electron chi connectivity index (χ4n) is 3.78. The highest BCUT2D eigenvalue weighted by atomic mass is 31.2. The summed E-state index contributed by atoms with van der Waals surface area (Å²) in [4.78, 5) is 76.5. The highest BCUT2D eigenvalue weighted by Gasteiger charge is 2.25. The van der Waals surface area contributed by atoms with E-state index >= 15 is 0 Å². The van der Waals surface area contributed by atoms with E-state index in [0.717, 1.165) is 14.7 Å². The normalized spacial score (nSPS) is 10.3. The summed E-state index contributed by atoms with van der Waals surface area (Å²) < 4.78 is 32.6. The van der Waals surface area contributed by atoms with Crippen molar-refractivity contribution in [2.24, 2.45) is 0 Å². The first-order valence-electron chi connectivity index (χ1n) is 14.9. The third-order valence-electron chi connectivity index (χ3n) is 6.38. The van der Waals surface area contributed by atoms with Crippen LogP contribution in [0.15, 0.2) is 72.8 Å². The van der Waals surface area contributed by atoms with Crippen molar-refractivity contribution < 1.29 is 56.5 Å².